The smallest absolute Gasteiger partial charge is 0.379 e. The van der Waals surface area contributed by atoms with E-state index in [1.807, 2.05) is 12.1 Å². The van der Waals surface area contributed by atoms with Crippen LogP contribution >= 0.6 is 0 Å². The zero-order valence-corrected chi connectivity index (χ0v) is 18.1. The maximum Gasteiger partial charge on any atom is 0.418 e. The van der Waals surface area contributed by atoms with E-state index < -0.39 is 23.8 Å². The third-order valence-corrected chi connectivity index (χ3v) is 5.12. The number of nitrogens with zero attached hydrogens (tertiary/aromatic N) is 4. The number of amides is 1. The number of aromatic nitrogens is 4. The molecule has 4 rings (SSSR count). The number of hydrogen-bond donors (Lipinski definition) is 3. The van der Waals surface area contributed by atoms with Gasteiger partial charge < -0.3 is 15.7 Å². The molecular weight excluding hydrogens is 449 g/mol. The molecule has 1 amide bonds. The van der Waals surface area contributed by atoms with Gasteiger partial charge in [0.25, 0.3) is 5.91 Å². The van der Waals surface area contributed by atoms with Gasteiger partial charge in [0.15, 0.2) is 6.10 Å². The number of rotatable bonds is 5. The zero-order chi connectivity index (χ0) is 24.5. The summed E-state index contributed by atoms with van der Waals surface area (Å²) in [6, 6.07) is 7.30. The number of halogens is 3. The van der Waals surface area contributed by atoms with Gasteiger partial charge in [0, 0.05) is 53.9 Å². The highest BCUT2D eigenvalue weighted by Crippen LogP contribution is 2.32. The van der Waals surface area contributed by atoms with Crippen LogP contribution in [0.4, 0.5) is 24.7 Å². The van der Waals surface area contributed by atoms with Crippen molar-refractivity contribution in [1.82, 2.24) is 19.9 Å². The lowest BCUT2D eigenvalue weighted by Crippen LogP contribution is -2.21. The summed E-state index contributed by atoms with van der Waals surface area (Å²) >= 11 is 0. The first-order valence-electron chi connectivity index (χ1n) is 10.1. The van der Waals surface area contributed by atoms with Crippen LogP contribution in [0.2, 0.25) is 0 Å². The fraction of sp³-hybridized carbons (Fsp3) is 0.174. The highest BCUT2D eigenvalue weighted by Gasteiger charge is 2.39. The van der Waals surface area contributed by atoms with Gasteiger partial charge in [-0.25, -0.2) is 4.98 Å². The van der Waals surface area contributed by atoms with E-state index in [1.54, 1.807) is 32.4 Å². The van der Waals surface area contributed by atoms with E-state index in [-0.39, 0.29) is 5.69 Å². The van der Waals surface area contributed by atoms with Crippen LogP contribution in [0.1, 0.15) is 27.8 Å². The van der Waals surface area contributed by atoms with E-state index in [1.165, 1.54) is 6.20 Å². The molecular formula is C23H19F3N6O2. The molecule has 0 unspecified atom stereocenters. The highest BCUT2D eigenvalue weighted by molar-refractivity contribution is 6.03. The van der Waals surface area contributed by atoms with Crippen molar-refractivity contribution in [3.63, 3.8) is 0 Å². The number of fused-ring (bicyclic) bond motifs is 1. The number of aliphatic hydroxyl groups is 1. The molecule has 0 saturated heterocycles. The lowest BCUT2D eigenvalue weighted by atomic mass is 10.0. The molecule has 0 aliphatic heterocycles. The first kappa shape index (κ1) is 23.1. The minimum Gasteiger partial charge on any atom is -0.379 e. The SMILES string of the molecule is CNc1cc2ncc(-c3cc(NC(=O)c4cc([C@@H](O)C(F)(F)F)ccn4)cnc3C)cc2cn1. The van der Waals surface area contributed by atoms with Gasteiger partial charge in [-0.15, -0.1) is 0 Å². The molecule has 174 valence electrons. The predicted octanol–water partition coefficient (Wildman–Crippen LogP) is 4.28. The second-order valence-electron chi connectivity index (χ2n) is 7.47. The van der Waals surface area contributed by atoms with Crippen molar-refractivity contribution in [2.45, 2.75) is 19.2 Å². The average molecular weight is 468 g/mol. The molecule has 8 nitrogen and oxygen atoms in total. The Labute approximate surface area is 191 Å². The molecule has 0 spiro atoms. The lowest BCUT2D eigenvalue weighted by molar-refractivity contribution is -0.206. The van der Waals surface area contributed by atoms with Gasteiger partial charge in [-0.1, -0.05) is 0 Å². The number of carbonyl (C=O) groups excluding carboxylic acids is 1. The molecule has 0 saturated carbocycles. The Morgan fingerprint density at radius 1 is 1.03 bits per heavy atom. The topological polar surface area (TPSA) is 113 Å². The van der Waals surface area contributed by atoms with Crippen LogP contribution in [-0.4, -0.2) is 44.2 Å². The Balaban J connectivity index is 1.61. The number of carbonyl (C=O) groups is 1. The molecule has 3 N–H and O–H groups in total. The van der Waals surface area contributed by atoms with E-state index in [9.17, 15) is 23.1 Å². The number of aliphatic hydroxyl groups excluding tert-OH is 1. The van der Waals surface area contributed by atoms with Crippen LogP contribution in [0.3, 0.4) is 0 Å². The predicted molar refractivity (Wildman–Crippen MR) is 120 cm³/mol. The van der Waals surface area contributed by atoms with E-state index >= 15 is 0 Å². The maximum atomic E-state index is 12.8. The quantitative estimate of drug-likeness (QED) is 0.401. The van der Waals surface area contributed by atoms with Crippen molar-refractivity contribution in [3.8, 4) is 11.1 Å². The number of nitrogens with one attached hydrogen (secondary N) is 2. The maximum absolute atomic E-state index is 12.8. The molecule has 0 aliphatic rings. The summed E-state index contributed by atoms with van der Waals surface area (Å²) in [5.41, 5.74) is 2.46. The van der Waals surface area contributed by atoms with Gasteiger partial charge in [0.05, 0.1) is 17.4 Å². The molecule has 4 aromatic heterocycles. The second kappa shape index (κ2) is 9.02. The fourth-order valence-corrected chi connectivity index (χ4v) is 3.33. The zero-order valence-electron chi connectivity index (χ0n) is 18.1. The van der Waals surface area contributed by atoms with Gasteiger partial charge in [-0.2, -0.15) is 13.2 Å². The van der Waals surface area contributed by atoms with Gasteiger partial charge in [0.2, 0.25) is 0 Å². The van der Waals surface area contributed by atoms with Crippen LogP contribution in [0.15, 0.2) is 55.1 Å². The fourth-order valence-electron chi connectivity index (χ4n) is 3.33. The average Bonchev–Trinajstić information content (AvgIpc) is 2.83. The van der Waals surface area contributed by atoms with E-state index in [0.717, 1.165) is 34.8 Å². The molecule has 4 aromatic rings. The molecule has 0 aliphatic carbocycles. The van der Waals surface area contributed by atoms with Gasteiger partial charge in [-0.05, 0) is 36.8 Å². The third kappa shape index (κ3) is 4.79. The van der Waals surface area contributed by atoms with Crippen LogP contribution in [-0.2, 0) is 0 Å². The molecule has 0 radical (unpaired) electrons. The van der Waals surface area contributed by atoms with Crippen LogP contribution in [0.5, 0.6) is 0 Å². The minimum absolute atomic E-state index is 0.276. The van der Waals surface area contributed by atoms with Gasteiger partial charge in [-0.3, -0.25) is 19.7 Å². The summed E-state index contributed by atoms with van der Waals surface area (Å²) in [5.74, 6) is -0.0519. The second-order valence-corrected chi connectivity index (χ2v) is 7.47. The van der Waals surface area contributed by atoms with Gasteiger partial charge in [0.1, 0.15) is 11.5 Å². The first-order chi connectivity index (χ1) is 16.2. The van der Waals surface area contributed by atoms with Crippen molar-refractivity contribution in [3.05, 3.63) is 72.1 Å². The normalized spacial score (nSPS) is 12.4. The summed E-state index contributed by atoms with van der Waals surface area (Å²) in [7, 11) is 1.77. The molecule has 0 aromatic carbocycles. The monoisotopic (exact) mass is 468 g/mol. The molecule has 4 heterocycles. The highest BCUT2D eigenvalue weighted by atomic mass is 19.4. The minimum atomic E-state index is -4.86. The Kier molecular flexibility index (Phi) is 6.12. The number of anilines is 2. The molecule has 0 bridgehead atoms. The lowest BCUT2D eigenvalue weighted by Gasteiger charge is -2.15. The Hall–Kier alpha value is -4.12. The molecule has 11 heteroatoms. The Morgan fingerprint density at radius 2 is 1.82 bits per heavy atom. The summed E-state index contributed by atoms with van der Waals surface area (Å²) < 4.78 is 38.4. The summed E-state index contributed by atoms with van der Waals surface area (Å²) in [6.07, 6.45) is -1.73. The summed E-state index contributed by atoms with van der Waals surface area (Å²) in [5, 5.41) is 15.8. The Bertz CT molecular complexity index is 1380. The van der Waals surface area contributed by atoms with Crippen molar-refractivity contribution >= 4 is 28.3 Å². The van der Waals surface area contributed by atoms with Crippen LogP contribution < -0.4 is 10.6 Å². The van der Waals surface area contributed by atoms with Gasteiger partial charge >= 0.3 is 6.18 Å². The summed E-state index contributed by atoms with van der Waals surface area (Å²) in [4.78, 5) is 29.5. The van der Waals surface area contributed by atoms with Crippen molar-refractivity contribution < 1.29 is 23.1 Å². The van der Waals surface area contributed by atoms with Crippen molar-refractivity contribution in [1.29, 1.82) is 0 Å². The van der Waals surface area contributed by atoms with Crippen molar-refractivity contribution in [2.24, 2.45) is 0 Å². The number of aryl methyl sites for hydroxylation is 1. The van der Waals surface area contributed by atoms with Crippen LogP contribution in [0, 0.1) is 6.92 Å². The first-order valence-corrected chi connectivity index (χ1v) is 10.1. The largest absolute Gasteiger partial charge is 0.418 e. The number of hydrogen-bond acceptors (Lipinski definition) is 7. The number of pyridine rings is 4. The number of alkyl halides is 3. The molecule has 34 heavy (non-hydrogen) atoms. The van der Waals surface area contributed by atoms with E-state index in [0.29, 0.717) is 22.8 Å². The van der Waals surface area contributed by atoms with Crippen molar-refractivity contribution in [2.75, 3.05) is 17.7 Å². The molecule has 0 fully saturated rings. The Morgan fingerprint density at radius 3 is 2.56 bits per heavy atom. The standard InChI is InChI=1S/C23H19F3N6O2/c1-12-17(14-5-15-10-31-20(27-2)8-18(15)30-9-14)7-16(11-29-12)32-22(34)19-6-13(3-4-28-19)21(33)23(24,25)26/h3-11,21,33H,1-2H3,(H,27,31)(H,32,34)/t21-/m1/s1. The molecule has 1 atom stereocenters. The van der Waals surface area contributed by atoms with E-state index in [2.05, 4.69) is 30.6 Å². The summed E-state index contributed by atoms with van der Waals surface area (Å²) in [6.45, 7) is 1.80. The third-order valence-electron chi connectivity index (χ3n) is 5.12. The van der Waals surface area contributed by atoms with E-state index in [4.69, 9.17) is 0 Å². The van der Waals surface area contributed by atoms with Crippen LogP contribution in [0.25, 0.3) is 22.0 Å².